The number of halogens is 3. The maximum Gasteiger partial charge on any atom is 0.124 e. The highest BCUT2D eigenvalue weighted by atomic mass is 35.5. The van der Waals surface area contributed by atoms with Crippen molar-refractivity contribution in [1.29, 1.82) is 0 Å². The third kappa shape index (κ3) is 2.90. The second-order valence-corrected chi connectivity index (χ2v) is 7.95. The Morgan fingerprint density at radius 2 is 1.90 bits per heavy atom. The Bertz CT molecular complexity index is 662. The van der Waals surface area contributed by atoms with Crippen molar-refractivity contribution in [3.8, 4) is 0 Å². The number of imidazole rings is 1. The molecule has 3 rings (SSSR count). The maximum absolute atomic E-state index is 6.19. The zero-order valence-electron chi connectivity index (χ0n) is 11.8. The lowest BCUT2D eigenvalue weighted by molar-refractivity contribution is 0.505. The van der Waals surface area contributed by atoms with E-state index in [2.05, 4.69) is 15.8 Å². The fourth-order valence-corrected chi connectivity index (χ4v) is 4.66. The van der Waals surface area contributed by atoms with Gasteiger partial charge in [-0.05, 0) is 31.2 Å². The highest BCUT2D eigenvalue weighted by Gasteiger charge is 2.34. The second-order valence-electron chi connectivity index (χ2n) is 5.60. The van der Waals surface area contributed by atoms with Crippen molar-refractivity contribution in [3.63, 3.8) is 0 Å². The molecule has 21 heavy (non-hydrogen) atoms. The van der Waals surface area contributed by atoms with E-state index < -0.39 is 0 Å². The Kier molecular flexibility index (Phi) is 4.66. The van der Waals surface area contributed by atoms with Crippen molar-refractivity contribution in [2.75, 3.05) is 6.26 Å². The molecule has 0 radical (unpaired) electrons. The lowest BCUT2D eigenvalue weighted by Crippen LogP contribution is -2.27. The van der Waals surface area contributed by atoms with Crippen molar-refractivity contribution in [2.24, 2.45) is 0 Å². The van der Waals surface area contributed by atoms with Crippen LogP contribution in [0.1, 0.15) is 31.5 Å². The minimum atomic E-state index is 0.292. The van der Waals surface area contributed by atoms with Gasteiger partial charge in [-0.15, -0.1) is 11.6 Å². The van der Waals surface area contributed by atoms with Crippen LogP contribution in [0.3, 0.4) is 0 Å². The molecule has 0 aliphatic heterocycles. The van der Waals surface area contributed by atoms with Crippen LogP contribution in [-0.2, 0) is 12.4 Å². The first-order chi connectivity index (χ1) is 10.1. The molecule has 0 atom stereocenters. The molecular weight excluding hydrogens is 347 g/mol. The number of hydrogen-bond donors (Lipinski definition) is 0. The smallest absolute Gasteiger partial charge is 0.124 e. The van der Waals surface area contributed by atoms with Gasteiger partial charge in [-0.2, -0.15) is 11.8 Å². The molecule has 1 fully saturated rings. The molecule has 1 aliphatic rings. The van der Waals surface area contributed by atoms with Crippen LogP contribution >= 0.6 is 46.6 Å². The number of rotatable bonds is 4. The fraction of sp³-hybridized carbons (Fsp3) is 0.533. The van der Waals surface area contributed by atoms with Crippen LogP contribution in [-0.4, -0.2) is 20.6 Å². The summed E-state index contributed by atoms with van der Waals surface area (Å²) in [7, 11) is 0. The van der Waals surface area contributed by atoms with E-state index >= 15 is 0 Å². The number of fused-ring (bicyclic) bond motifs is 1. The van der Waals surface area contributed by atoms with Crippen molar-refractivity contribution in [3.05, 3.63) is 28.0 Å². The molecule has 1 aromatic heterocycles. The van der Waals surface area contributed by atoms with E-state index in [0.29, 0.717) is 20.7 Å². The Labute approximate surface area is 144 Å². The molecule has 0 unspecified atom stereocenters. The lowest BCUT2D eigenvalue weighted by Gasteiger charge is -2.28. The lowest BCUT2D eigenvalue weighted by atomic mass is 10.1. The second kappa shape index (κ2) is 6.19. The maximum atomic E-state index is 6.19. The minimum absolute atomic E-state index is 0.292. The number of nitrogens with zero attached hydrogens (tertiary/aromatic N) is 2. The quantitative estimate of drug-likeness (QED) is 0.643. The van der Waals surface area contributed by atoms with Crippen LogP contribution in [0.4, 0.5) is 0 Å². The largest absolute Gasteiger partial charge is 0.326 e. The molecule has 0 bridgehead atoms. The van der Waals surface area contributed by atoms with Gasteiger partial charge in [-0.1, -0.05) is 36.0 Å². The molecule has 6 heteroatoms. The number of aromatic nitrogens is 2. The molecule has 2 nitrogen and oxygen atoms in total. The van der Waals surface area contributed by atoms with Gasteiger partial charge in [0.2, 0.25) is 0 Å². The van der Waals surface area contributed by atoms with E-state index in [-0.39, 0.29) is 0 Å². The zero-order valence-corrected chi connectivity index (χ0v) is 14.9. The molecule has 0 spiro atoms. The number of hydrogen-bond acceptors (Lipinski definition) is 2. The van der Waals surface area contributed by atoms with Crippen LogP contribution in [0.5, 0.6) is 0 Å². The van der Waals surface area contributed by atoms with Crippen LogP contribution in [0.15, 0.2) is 12.1 Å². The van der Waals surface area contributed by atoms with Crippen molar-refractivity contribution >= 4 is 57.6 Å². The van der Waals surface area contributed by atoms with Gasteiger partial charge in [-0.3, -0.25) is 0 Å². The first-order valence-corrected chi connectivity index (χ1v) is 9.55. The van der Waals surface area contributed by atoms with Crippen molar-refractivity contribution in [1.82, 2.24) is 9.55 Å². The van der Waals surface area contributed by atoms with E-state index in [1.165, 1.54) is 25.7 Å². The number of thioether (sulfide) groups is 1. The van der Waals surface area contributed by atoms with E-state index in [4.69, 9.17) is 34.8 Å². The first kappa shape index (κ1) is 15.8. The van der Waals surface area contributed by atoms with Crippen LogP contribution in [0.25, 0.3) is 11.0 Å². The molecule has 1 heterocycles. The van der Waals surface area contributed by atoms with Gasteiger partial charge in [0, 0.05) is 11.3 Å². The summed E-state index contributed by atoms with van der Waals surface area (Å²) in [6, 6.07) is 3.73. The zero-order chi connectivity index (χ0) is 15.0. The average Bonchev–Trinajstić information content (AvgIpc) is 3.07. The third-order valence-electron chi connectivity index (χ3n) is 4.38. The number of benzene rings is 1. The molecule has 0 saturated heterocycles. The molecular formula is C15H17Cl3N2S. The molecule has 0 amide bonds. The molecule has 0 N–H and O–H groups in total. The van der Waals surface area contributed by atoms with E-state index in [1.54, 1.807) is 0 Å². The monoisotopic (exact) mass is 362 g/mol. The van der Waals surface area contributed by atoms with E-state index in [9.17, 15) is 0 Å². The summed E-state index contributed by atoms with van der Waals surface area (Å²) < 4.78 is 2.52. The van der Waals surface area contributed by atoms with Gasteiger partial charge in [0.15, 0.2) is 0 Å². The Hall–Kier alpha value is -0.0900. The Balaban J connectivity index is 2.09. The SMILES string of the molecule is CSC1(Cn2c(CCl)nc3cc(Cl)c(Cl)cc32)CCCC1. The summed E-state index contributed by atoms with van der Waals surface area (Å²) in [6.45, 7) is 0.935. The van der Waals surface area contributed by atoms with Crippen molar-refractivity contribution < 1.29 is 0 Å². The molecule has 114 valence electrons. The summed E-state index contributed by atoms with van der Waals surface area (Å²) >= 11 is 20.3. The normalized spacial score (nSPS) is 17.7. The summed E-state index contributed by atoms with van der Waals surface area (Å²) in [5, 5.41) is 1.10. The first-order valence-electron chi connectivity index (χ1n) is 7.04. The highest BCUT2D eigenvalue weighted by molar-refractivity contribution is 8.00. The van der Waals surface area contributed by atoms with Crippen molar-refractivity contribution in [2.45, 2.75) is 42.9 Å². The summed E-state index contributed by atoms with van der Waals surface area (Å²) in [5.74, 6) is 1.29. The highest BCUT2D eigenvalue weighted by Crippen LogP contribution is 2.42. The standard InChI is InChI=1S/C15H17Cl3N2S/c1-21-15(4-2-3-5-15)9-20-13-7-11(18)10(17)6-12(13)19-14(20)8-16/h6-7H,2-5,8-9H2,1H3. The Morgan fingerprint density at radius 3 is 2.52 bits per heavy atom. The van der Waals surface area contributed by atoms with Gasteiger partial charge in [0.05, 0.1) is 27.0 Å². The van der Waals surface area contributed by atoms with Crippen LogP contribution in [0, 0.1) is 0 Å². The van der Waals surface area contributed by atoms with Gasteiger partial charge < -0.3 is 4.57 Å². The van der Waals surface area contributed by atoms with Gasteiger partial charge in [-0.25, -0.2) is 4.98 Å². The average molecular weight is 364 g/mol. The molecule has 1 aromatic carbocycles. The topological polar surface area (TPSA) is 17.8 Å². The third-order valence-corrected chi connectivity index (χ3v) is 6.75. The number of alkyl halides is 1. The fourth-order valence-electron chi connectivity index (χ4n) is 3.18. The summed E-state index contributed by atoms with van der Waals surface area (Å²) in [6.07, 6.45) is 7.30. The molecule has 2 aromatic rings. The predicted molar refractivity (Wildman–Crippen MR) is 94.0 cm³/mol. The summed E-state index contributed by atoms with van der Waals surface area (Å²) in [4.78, 5) is 4.62. The van der Waals surface area contributed by atoms with E-state index in [0.717, 1.165) is 23.4 Å². The Morgan fingerprint density at radius 1 is 1.24 bits per heavy atom. The van der Waals surface area contributed by atoms with Gasteiger partial charge >= 0.3 is 0 Å². The van der Waals surface area contributed by atoms with Crippen LogP contribution < -0.4 is 0 Å². The predicted octanol–water partition coefficient (Wildman–Crippen LogP) is 5.76. The minimum Gasteiger partial charge on any atom is -0.326 e. The molecule has 1 saturated carbocycles. The van der Waals surface area contributed by atoms with Gasteiger partial charge in [0.25, 0.3) is 0 Å². The van der Waals surface area contributed by atoms with E-state index in [1.807, 2.05) is 23.9 Å². The molecule has 1 aliphatic carbocycles. The summed E-state index contributed by atoms with van der Waals surface area (Å²) in [5.41, 5.74) is 1.90. The van der Waals surface area contributed by atoms with Crippen LogP contribution in [0.2, 0.25) is 10.0 Å². The van der Waals surface area contributed by atoms with Gasteiger partial charge in [0.1, 0.15) is 5.82 Å².